The number of benzene rings is 2. The Labute approximate surface area is 147 Å². The van der Waals surface area contributed by atoms with Crippen molar-refractivity contribution < 1.29 is 9.59 Å². The van der Waals surface area contributed by atoms with E-state index in [0.29, 0.717) is 12.0 Å². The molecule has 25 heavy (non-hydrogen) atoms. The maximum Gasteiger partial charge on any atom is 0.256 e. The monoisotopic (exact) mass is 335 g/mol. The highest BCUT2D eigenvalue weighted by atomic mass is 16.2. The zero-order chi connectivity index (χ0) is 18.2. The molecule has 128 valence electrons. The van der Waals surface area contributed by atoms with Crippen LogP contribution in [0.3, 0.4) is 0 Å². The van der Waals surface area contributed by atoms with Gasteiger partial charge in [0.2, 0.25) is 0 Å². The van der Waals surface area contributed by atoms with Crippen molar-refractivity contribution in [1.82, 2.24) is 10.7 Å². The molecule has 0 aromatic heterocycles. The summed E-state index contributed by atoms with van der Waals surface area (Å²) in [5.41, 5.74) is 5.13. The summed E-state index contributed by atoms with van der Waals surface area (Å²) in [7, 11) is 0. The van der Waals surface area contributed by atoms with E-state index in [1.54, 1.807) is 30.4 Å². The van der Waals surface area contributed by atoms with Crippen molar-refractivity contribution in [3.8, 4) is 0 Å². The summed E-state index contributed by atoms with van der Waals surface area (Å²) >= 11 is 0. The smallest absolute Gasteiger partial charge is 0.256 e. The van der Waals surface area contributed by atoms with Crippen molar-refractivity contribution in [3.63, 3.8) is 0 Å². The van der Waals surface area contributed by atoms with Crippen LogP contribution in [0, 0.1) is 0 Å². The molecule has 0 aliphatic rings. The van der Waals surface area contributed by atoms with Gasteiger partial charge in [0.15, 0.2) is 0 Å². The number of carbonyl (C=O) groups excluding carboxylic acids is 2. The van der Waals surface area contributed by atoms with Gasteiger partial charge in [-0.1, -0.05) is 61.7 Å². The minimum atomic E-state index is -0.772. The largest absolute Gasteiger partial charge is 0.340 e. The summed E-state index contributed by atoms with van der Waals surface area (Å²) in [6.07, 6.45) is 3.69. The van der Waals surface area contributed by atoms with E-state index in [-0.39, 0.29) is 5.91 Å². The van der Waals surface area contributed by atoms with E-state index in [0.717, 1.165) is 16.7 Å². The predicted octanol–water partition coefficient (Wildman–Crippen LogP) is 2.30. The van der Waals surface area contributed by atoms with Gasteiger partial charge >= 0.3 is 0 Å². The Kier molecular flexibility index (Phi) is 6.26. The molecule has 2 amide bonds. The number of hydrazine groups is 1. The molecule has 0 heterocycles. The number of hydrogen-bond acceptors (Lipinski definition) is 3. The van der Waals surface area contributed by atoms with Crippen LogP contribution >= 0.6 is 0 Å². The van der Waals surface area contributed by atoms with E-state index < -0.39 is 11.9 Å². The summed E-state index contributed by atoms with van der Waals surface area (Å²) in [5.74, 6) is 4.44. The molecule has 1 atom stereocenters. The summed E-state index contributed by atoms with van der Waals surface area (Å²) in [6, 6.07) is 13.8. The van der Waals surface area contributed by atoms with Gasteiger partial charge in [-0.3, -0.25) is 15.0 Å². The molecule has 2 rings (SSSR count). The van der Waals surface area contributed by atoms with Gasteiger partial charge in [-0.2, -0.15) is 0 Å². The highest BCUT2D eigenvalue weighted by molar-refractivity contribution is 5.98. The number of nitrogens with two attached hydrogens (primary N) is 1. The number of nitrogens with one attached hydrogen (secondary N) is 2. The molecular formula is C20H21N3O2. The number of amides is 2. The highest BCUT2D eigenvalue weighted by Gasteiger charge is 2.21. The Morgan fingerprint density at radius 2 is 1.72 bits per heavy atom. The topological polar surface area (TPSA) is 84.2 Å². The molecule has 4 N–H and O–H groups in total. The molecule has 2 aromatic rings. The highest BCUT2D eigenvalue weighted by Crippen LogP contribution is 2.15. The molecule has 0 saturated carbocycles. The first-order valence-electron chi connectivity index (χ1n) is 7.83. The van der Waals surface area contributed by atoms with Crippen molar-refractivity contribution >= 4 is 24.0 Å². The molecule has 5 heteroatoms. The Bertz CT molecular complexity index is 785. The van der Waals surface area contributed by atoms with E-state index in [1.807, 2.05) is 30.3 Å². The number of hydrogen-bond donors (Lipinski definition) is 3. The first-order chi connectivity index (χ1) is 12.1. The SMILES string of the molecule is C=Cc1ccc(C(=O)N[C@@H](Cc2ccccc2)C(=O)NN)cc1C=C. The molecule has 0 radical (unpaired) electrons. The first-order valence-corrected chi connectivity index (χ1v) is 7.83. The third-order valence-electron chi connectivity index (χ3n) is 3.84. The molecule has 0 saturated heterocycles. The van der Waals surface area contributed by atoms with Crippen molar-refractivity contribution in [1.29, 1.82) is 0 Å². The second kappa shape index (κ2) is 8.61. The minimum Gasteiger partial charge on any atom is -0.340 e. The lowest BCUT2D eigenvalue weighted by Crippen LogP contribution is -2.50. The molecule has 0 bridgehead atoms. The van der Waals surface area contributed by atoms with Gasteiger partial charge < -0.3 is 5.32 Å². The van der Waals surface area contributed by atoms with Crippen molar-refractivity contribution in [2.24, 2.45) is 5.84 Å². The summed E-state index contributed by atoms with van der Waals surface area (Å²) in [6.45, 7) is 7.47. The molecule has 0 spiro atoms. The van der Waals surface area contributed by atoms with Crippen LogP contribution in [0.5, 0.6) is 0 Å². The Balaban J connectivity index is 2.20. The third-order valence-corrected chi connectivity index (χ3v) is 3.84. The molecule has 5 nitrogen and oxygen atoms in total. The van der Waals surface area contributed by atoms with Crippen LogP contribution < -0.4 is 16.6 Å². The molecule has 0 fully saturated rings. The summed E-state index contributed by atoms with van der Waals surface area (Å²) in [4.78, 5) is 24.6. The Hall–Kier alpha value is -3.18. The van der Waals surface area contributed by atoms with Gasteiger partial charge in [0.1, 0.15) is 6.04 Å². The van der Waals surface area contributed by atoms with Gasteiger partial charge in [-0.15, -0.1) is 0 Å². The predicted molar refractivity (Wildman–Crippen MR) is 100 cm³/mol. The van der Waals surface area contributed by atoms with Gasteiger partial charge in [0.05, 0.1) is 0 Å². The number of carbonyl (C=O) groups is 2. The molecule has 2 aromatic carbocycles. The van der Waals surface area contributed by atoms with Crippen LogP contribution in [0.1, 0.15) is 27.0 Å². The fourth-order valence-corrected chi connectivity index (χ4v) is 2.48. The molecule has 0 aliphatic heterocycles. The normalized spacial score (nSPS) is 11.2. The maximum absolute atomic E-state index is 12.5. The van der Waals surface area contributed by atoms with E-state index in [9.17, 15) is 9.59 Å². The van der Waals surface area contributed by atoms with Crippen LogP contribution in [-0.2, 0) is 11.2 Å². The van der Waals surface area contributed by atoms with Gasteiger partial charge in [0, 0.05) is 12.0 Å². The zero-order valence-corrected chi connectivity index (χ0v) is 13.9. The first kappa shape index (κ1) is 18.2. The fraction of sp³-hybridized carbons (Fsp3) is 0.100. The second-order valence-electron chi connectivity index (χ2n) is 5.48. The van der Waals surface area contributed by atoms with Crippen LogP contribution in [0.15, 0.2) is 61.7 Å². The van der Waals surface area contributed by atoms with Crippen LogP contribution in [0.2, 0.25) is 0 Å². The fourth-order valence-electron chi connectivity index (χ4n) is 2.48. The van der Waals surface area contributed by atoms with Crippen LogP contribution in [-0.4, -0.2) is 17.9 Å². The van der Waals surface area contributed by atoms with Crippen molar-refractivity contribution in [2.75, 3.05) is 0 Å². The van der Waals surface area contributed by atoms with Gasteiger partial charge in [-0.05, 0) is 28.8 Å². The standard InChI is InChI=1S/C20H21N3O2/c1-3-15-10-11-17(13-16(15)4-2)19(24)22-18(20(25)23-21)12-14-8-6-5-7-9-14/h3-11,13,18H,1-2,12,21H2,(H,22,24)(H,23,25)/t18-/m0/s1. The Morgan fingerprint density at radius 3 is 2.32 bits per heavy atom. The lowest BCUT2D eigenvalue weighted by molar-refractivity contribution is -0.123. The second-order valence-corrected chi connectivity index (χ2v) is 5.48. The molecular weight excluding hydrogens is 314 g/mol. The van der Waals surface area contributed by atoms with E-state index in [1.165, 1.54) is 0 Å². The van der Waals surface area contributed by atoms with E-state index in [2.05, 4.69) is 23.9 Å². The van der Waals surface area contributed by atoms with E-state index >= 15 is 0 Å². The Morgan fingerprint density at radius 1 is 1.04 bits per heavy atom. The zero-order valence-electron chi connectivity index (χ0n) is 13.9. The van der Waals surface area contributed by atoms with E-state index in [4.69, 9.17) is 5.84 Å². The average Bonchev–Trinajstić information content (AvgIpc) is 2.66. The summed E-state index contributed by atoms with van der Waals surface area (Å²) in [5, 5.41) is 2.73. The lowest BCUT2D eigenvalue weighted by Gasteiger charge is -2.17. The lowest BCUT2D eigenvalue weighted by atomic mass is 10.0. The van der Waals surface area contributed by atoms with Crippen LogP contribution in [0.4, 0.5) is 0 Å². The maximum atomic E-state index is 12.5. The third kappa shape index (κ3) is 4.65. The van der Waals surface area contributed by atoms with Gasteiger partial charge in [0.25, 0.3) is 11.8 Å². The van der Waals surface area contributed by atoms with Crippen molar-refractivity contribution in [3.05, 3.63) is 83.9 Å². The van der Waals surface area contributed by atoms with Crippen molar-refractivity contribution in [2.45, 2.75) is 12.5 Å². The minimum absolute atomic E-state index is 0.342. The number of rotatable bonds is 7. The quantitative estimate of drug-likeness (QED) is 0.412. The molecule has 0 aliphatic carbocycles. The summed E-state index contributed by atoms with van der Waals surface area (Å²) < 4.78 is 0. The van der Waals surface area contributed by atoms with Crippen LogP contribution in [0.25, 0.3) is 12.2 Å². The molecule has 0 unspecified atom stereocenters. The average molecular weight is 335 g/mol. The van der Waals surface area contributed by atoms with Gasteiger partial charge in [-0.25, -0.2) is 5.84 Å².